The lowest BCUT2D eigenvalue weighted by atomic mass is 10.0. The van der Waals surface area contributed by atoms with Crippen molar-refractivity contribution in [2.45, 2.75) is 32.4 Å². The number of rotatable bonds is 8. The van der Waals surface area contributed by atoms with Crippen molar-refractivity contribution in [3.63, 3.8) is 0 Å². The molecule has 2 aromatic carbocycles. The van der Waals surface area contributed by atoms with Gasteiger partial charge in [0.1, 0.15) is 0 Å². The van der Waals surface area contributed by atoms with Gasteiger partial charge in [-0.2, -0.15) is 0 Å². The number of esters is 1. The van der Waals surface area contributed by atoms with Crippen molar-refractivity contribution in [2.75, 3.05) is 11.5 Å². The van der Waals surface area contributed by atoms with Gasteiger partial charge in [-0.15, -0.1) is 0 Å². The Kier molecular flexibility index (Phi) is 8.03. The lowest BCUT2D eigenvalue weighted by Gasteiger charge is -2.26. The molecule has 0 heterocycles. The maximum absolute atomic E-state index is 12.6. The molecule has 8 heteroatoms. The van der Waals surface area contributed by atoms with Gasteiger partial charge < -0.3 is 20.7 Å². The molecule has 0 saturated carbocycles. The highest BCUT2D eigenvalue weighted by atomic mass is 35.5. The zero-order chi connectivity index (χ0) is 21.4. The number of nitrogens with two attached hydrogens (primary N) is 1. The minimum atomic E-state index is -0.774. The van der Waals surface area contributed by atoms with Crippen molar-refractivity contribution in [3.8, 4) is 0 Å². The van der Waals surface area contributed by atoms with Crippen molar-refractivity contribution in [1.82, 2.24) is 5.32 Å². The molecular formula is C21H24ClN3O4. The number of ether oxygens (including phenoxy) is 1. The molecule has 0 aliphatic rings. The number of urea groups is 1. The molecule has 1 atom stereocenters. The Morgan fingerprint density at radius 1 is 1.07 bits per heavy atom. The lowest BCUT2D eigenvalue weighted by molar-refractivity contribution is -0.148. The monoisotopic (exact) mass is 417 g/mol. The summed E-state index contributed by atoms with van der Waals surface area (Å²) in [6.07, 6.45) is -0.176. The molecular weight excluding hydrogens is 394 g/mol. The number of benzene rings is 2. The SMILES string of the molecule is CC(C)N(C(=O)COC(=O)C[C@@H](NC(N)=O)c1ccc(Cl)cc1)c1ccccc1. The molecule has 0 fully saturated rings. The summed E-state index contributed by atoms with van der Waals surface area (Å²) >= 11 is 5.87. The molecule has 0 aliphatic carbocycles. The molecule has 0 radical (unpaired) electrons. The summed E-state index contributed by atoms with van der Waals surface area (Å²) in [6, 6.07) is 14.2. The van der Waals surface area contributed by atoms with Crippen LogP contribution in [0.15, 0.2) is 54.6 Å². The van der Waals surface area contributed by atoms with E-state index < -0.39 is 24.6 Å². The number of nitrogens with zero attached hydrogens (tertiary/aromatic N) is 1. The molecule has 0 unspecified atom stereocenters. The van der Waals surface area contributed by atoms with Crippen LogP contribution in [0.3, 0.4) is 0 Å². The van der Waals surface area contributed by atoms with Crippen molar-refractivity contribution in [2.24, 2.45) is 5.73 Å². The standard InChI is InChI=1S/C21H24ClN3O4/c1-14(2)25(17-6-4-3-5-7-17)19(26)13-29-20(27)12-18(24-21(23)28)15-8-10-16(22)11-9-15/h3-11,14,18H,12-13H2,1-2H3,(H3,23,24,28)/t18-/m1/s1. The number of amides is 3. The molecule has 3 N–H and O–H groups in total. The molecule has 2 aromatic rings. The first-order chi connectivity index (χ1) is 13.8. The molecule has 0 aliphatic heterocycles. The highest BCUT2D eigenvalue weighted by Crippen LogP contribution is 2.20. The largest absolute Gasteiger partial charge is 0.455 e. The predicted octanol–water partition coefficient (Wildman–Crippen LogP) is 3.42. The normalized spacial score (nSPS) is 11.6. The van der Waals surface area contributed by atoms with Crippen LogP contribution in [0.2, 0.25) is 5.02 Å². The Balaban J connectivity index is 2.01. The van der Waals surface area contributed by atoms with E-state index in [-0.39, 0.29) is 18.4 Å². The minimum absolute atomic E-state index is 0.109. The third-order valence-corrected chi connectivity index (χ3v) is 4.39. The molecule has 0 aromatic heterocycles. The van der Waals surface area contributed by atoms with Crippen LogP contribution in [0, 0.1) is 0 Å². The summed E-state index contributed by atoms with van der Waals surface area (Å²) in [6.45, 7) is 3.34. The third kappa shape index (κ3) is 6.80. The second-order valence-corrected chi connectivity index (χ2v) is 7.11. The molecule has 29 heavy (non-hydrogen) atoms. The summed E-state index contributed by atoms with van der Waals surface area (Å²) in [5.41, 5.74) is 6.57. The number of hydrogen-bond acceptors (Lipinski definition) is 4. The van der Waals surface area contributed by atoms with E-state index in [9.17, 15) is 14.4 Å². The number of nitrogens with one attached hydrogen (secondary N) is 1. The van der Waals surface area contributed by atoms with Gasteiger partial charge >= 0.3 is 12.0 Å². The molecule has 154 valence electrons. The van der Waals surface area contributed by atoms with Gasteiger partial charge in [0, 0.05) is 16.8 Å². The molecule has 2 rings (SSSR count). The first-order valence-corrected chi connectivity index (χ1v) is 9.50. The van der Waals surface area contributed by atoms with E-state index in [1.165, 1.54) is 0 Å². The quantitative estimate of drug-likeness (QED) is 0.642. The Hall–Kier alpha value is -3.06. The molecule has 7 nitrogen and oxygen atoms in total. The van der Waals surface area contributed by atoms with E-state index in [0.717, 1.165) is 5.69 Å². The van der Waals surface area contributed by atoms with Gasteiger partial charge in [-0.3, -0.25) is 9.59 Å². The van der Waals surface area contributed by atoms with Gasteiger partial charge in [0.05, 0.1) is 12.5 Å². The number of carbonyl (C=O) groups excluding carboxylic acids is 3. The molecule has 0 spiro atoms. The second-order valence-electron chi connectivity index (χ2n) is 6.67. The number of halogens is 1. The average molecular weight is 418 g/mol. The predicted molar refractivity (Wildman–Crippen MR) is 112 cm³/mol. The van der Waals surface area contributed by atoms with Gasteiger partial charge in [-0.1, -0.05) is 41.9 Å². The van der Waals surface area contributed by atoms with E-state index in [0.29, 0.717) is 10.6 Å². The van der Waals surface area contributed by atoms with Crippen LogP contribution in [0.5, 0.6) is 0 Å². The Bertz CT molecular complexity index is 841. The van der Waals surface area contributed by atoms with E-state index >= 15 is 0 Å². The Morgan fingerprint density at radius 2 is 1.69 bits per heavy atom. The fraction of sp³-hybridized carbons (Fsp3) is 0.286. The first kappa shape index (κ1) is 22.2. The van der Waals surface area contributed by atoms with Crippen LogP contribution in [0.1, 0.15) is 31.9 Å². The lowest BCUT2D eigenvalue weighted by Crippen LogP contribution is -2.40. The number of anilines is 1. The maximum Gasteiger partial charge on any atom is 0.312 e. The first-order valence-electron chi connectivity index (χ1n) is 9.12. The van der Waals surface area contributed by atoms with Gasteiger partial charge in [-0.25, -0.2) is 4.79 Å². The van der Waals surface area contributed by atoms with Crippen LogP contribution in [0.4, 0.5) is 10.5 Å². The number of hydrogen-bond donors (Lipinski definition) is 2. The number of primary amides is 1. The van der Waals surface area contributed by atoms with Crippen LogP contribution < -0.4 is 16.0 Å². The van der Waals surface area contributed by atoms with Crippen LogP contribution in [-0.2, 0) is 14.3 Å². The van der Waals surface area contributed by atoms with Gasteiger partial charge in [0.15, 0.2) is 6.61 Å². The second kappa shape index (κ2) is 10.5. The summed E-state index contributed by atoms with van der Waals surface area (Å²) in [5, 5.41) is 3.02. The summed E-state index contributed by atoms with van der Waals surface area (Å²) in [4.78, 5) is 37.8. The van der Waals surface area contributed by atoms with Crippen LogP contribution in [0.25, 0.3) is 0 Å². The van der Waals surface area contributed by atoms with E-state index in [2.05, 4.69) is 5.32 Å². The summed E-state index contributed by atoms with van der Waals surface area (Å²) in [7, 11) is 0. The average Bonchev–Trinajstić information content (AvgIpc) is 2.67. The smallest absolute Gasteiger partial charge is 0.312 e. The molecule has 3 amide bonds. The minimum Gasteiger partial charge on any atom is -0.455 e. The van der Waals surface area contributed by atoms with E-state index in [4.69, 9.17) is 22.1 Å². The van der Waals surface area contributed by atoms with Crippen LogP contribution >= 0.6 is 11.6 Å². The fourth-order valence-corrected chi connectivity index (χ4v) is 3.00. The van der Waals surface area contributed by atoms with E-state index in [1.807, 2.05) is 44.2 Å². The Morgan fingerprint density at radius 3 is 2.24 bits per heavy atom. The van der Waals surface area contributed by atoms with Gasteiger partial charge in [-0.05, 0) is 43.7 Å². The van der Waals surface area contributed by atoms with Gasteiger partial charge in [0.25, 0.3) is 5.91 Å². The summed E-state index contributed by atoms with van der Waals surface area (Å²) < 4.78 is 5.17. The number of carbonyl (C=O) groups is 3. The van der Waals surface area contributed by atoms with Gasteiger partial charge in [0.2, 0.25) is 0 Å². The van der Waals surface area contributed by atoms with Crippen LogP contribution in [-0.4, -0.2) is 30.6 Å². The fourth-order valence-electron chi connectivity index (χ4n) is 2.88. The highest BCUT2D eigenvalue weighted by molar-refractivity contribution is 6.30. The van der Waals surface area contributed by atoms with Crippen molar-refractivity contribution in [3.05, 3.63) is 65.2 Å². The topological polar surface area (TPSA) is 102 Å². The maximum atomic E-state index is 12.6. The molecule has 0 bridgehead atoms. The van der Waals surface area contributed by atoms with Crippen molar-refractivity contribution >= 4 is 35.2 Å². The van der Waals surface area contributed by atoms with Crippen molar-refractivity contribution in [1.29, 1.82) is 0 Å². The number of para-hydroxylation sites is 1. The van der Waals surface area contributed by atoms with Crippen molar-refractivity contribution < 1.29 is 19.1 Å². The van der Waals surface area contributed by atoms with E-state index in [1.54, 1.807) is 29.2 Å². The Labute approximate surface area is 174 Å². The zero-order valence-corrected chi connectivity index (χ0v) is 17.1. The summed E-state index contributed by atoms with van der Waals surface area (Å²) in [5.74, 6) is -0.978. The molecule has 0 saturated heterocycles. The highest BCUT2D eigenvalue weighted by Gasteiger charge is 2.22. The third-order valence-electron chi connectivity index (χ3n) is 4.14. The zero-order valence-electron chi connectivity index (χ0n) is 16.3.